The molecule has 1 aliphatic rings. The van der Waals surface area contributed by atoms with Gasteiger partial charge in [-0.1, -0.05) is 23.4 Å². The number of carbonyl (C=O) groups excluding carboxylic acids is 1. The van der Waals surface area contributed by atoms with E-state index in [-0.39, 0.29) is 17.3 Å². The monoisotopic (exact) mass is 300 g/mol. The van der Waals surface area contributed by atoms with E-state index >= 15 is 0 Å². The number of benzene rings is 1. The standard InChI is InChI=1S/C15H16N4O3/c1-9-3-4-11(7-10(9)2)8-18-5-6-19-13(14(18)20)12(15(21)22)16-17-19/h3-4,7H,5-6,8H2,1-2H3,(H,21,22). The SMILES string of the molecule is Cc1ccc(CN2CCn3nnc(C(=O)O)c3C2=O)cc1C. The van der Waals surface area contributed by atoms with Gasteiger partial charge in [-0.2, -0.15) is 0 Å². The van der Waals surface area contributed by atoms with E-state index in [0.717, 1.165) is 5.56 Å². The molecule has 0 radical (unpaired) electrons. The second-order valence-corrected chi connectivity index (χ2v) is 5.46. The van der Waals surface area contributed by atoms with Crippen LogP contribution in [0.4, 0.5) is 0 Å². The fourth-order valence-electron chi connectivity index (χ4n) is 2.57. The van der Waals surface area contributed by atoms with Crippen molar-refractivity contribution in [3.8, 4) is 0 Å². The summed E-state index contributed by atoms with van der Waals surface area (Å²) in [6.45, 7) is 5.45. The van der Waals surface area contributed by atoms with Crippen molar-refractivity contribution >= 4 is 11.9 Å². The van der Waals surface area contributed by atoms with Crippen LogP contribution in [0.3, 0.4) is 0 Å². The Morgan fingerprint density at radius 2 is 2.05 bits per heavy atom. The molecule has 1 aromatic heterocycles. The summed E-state index contributed by atoms with van der Waals surface area (Å²) in [6, 6.07) is 6.05. The smallest absolute Gasteiger partial charge is 0.358 e. The first-order chi connectivity index (χ1) is 10.5. The Morgan fingerprint density at radius 3 is 2.73 bits per heavy atom. The molecule has 0 fully saturated rings. The van der Waals surface area contributed by atoms with Crippen LogP contribution in [-0.4, -0.2) is 43.4 Å². The Morgan fingerprint density at radius 1 is 1.27 bits per heavy atom. The molecule has 7 heteroatoms. The molecule has 1 amide bonds. The Hall–Kier alpha value is -2.70. The summed E-state index contributed by atoms with van der Waals surface area (Å²) in [5.41, 5.74) is 3.16. The average molecular weight is 300 g/mol. The largest absolute Gasteiger partial charge is 0.476 e. The lowest BCUT2D eigenvalue weighted by Gasteiger charge is -2.27. The van der Waals surface area contributed by atoms with Crippen LogP contribution in [0.2, 0.25) is 0 Å². The summed E-state index contributed by atoms with van der Waals surface area (Å²) < 4.78 is 1.36. The van der Waals surface area contributed by atoms with E-state index in [1.807, 2.05) is 32.0 Å². The molecule has 0 aliphatic carbocycles. The highest BCUT2D eigenvalue weighted by Gasteiger charge is 2.32. The molecule has 1 aliphatic heterocycles. The third kappa shape index (κ3) is 2.34. The van der Waals surface area contributed by atoms with Gasteiger partial charge in [0.05, 0.1) is 6.54 Å². The van der Waals surface area contributed by atoms with Gasteiger partial charge < -0.3 is 10.0 Å². The van der Waals surface area contributed by atoms with E-state index in [2.05, 4.69) is 10.3 Å². The molecular formula is C15H16N4O3. The Bertz CT molecular complexity index is 766. The Labute approximate surface area is 127 Å². The van der Waals surface area contributed by atoms with E-state index < -0.39 is 5.97 Å². The van der Waals surface area contributed by atoms with Crippen LogP contribution < -0.4 is 0 Å². The van der Waals surface area contributed by atoms with Crippen LogP contribution in [0.1, 0.15) is 37.7 Å². The maximum atomic E-state index is 12.5. The molecule has 1 N–H and O–H groups in total. The topological polar surface area (TPSA) is 88.3 Å². The highest BCUT2D eigenvalue weighted by Crippen LogP contribution is 2.18. The van der Waals surface area contributed by atoms with Crippen molar-refractivity contribution < 1.29 is 14.7 Å². The number of aromatic carboxylic acids is 1. The molecule has 22 heavy (non-hydrogen) atoms. The zero-order chi connectivity index (χ0) is 15.9. The van der Waals surface area contributed by atoms with E-state index in [9.17, 15) is 9.59 Å². The molecule has 2 aromatic rings. The van der Waals surface area contributed by atoms with Gasteiger partial charge in [0.25, 0.3) is 5.91 Å². The lowest BCUT2D eigenvalue weighted by molar-refractivity contribution is 0.0641. The highest BCUT2D eigenvalue weighted by atomic mass is 16.4. The van der Waals surface area contributed by atoms with Gasteiger partial charge in [-0.3, -0.25) is 4.79 Å². The predicted octanol–water partition coefficient (Wildman–Crippen LogP) is 1.25. The van der Waals surface area contributed by atoms with E-state index in [1.54, 1.807) is 4.90 Å². The summed E-state index contributed by atoms with van der Waals surface area (Å²) in [5.74, 6) is -1.57. The zero-order valence-corrected chi connectivity index (χ0v) is 12.4. The van der Waals surface area contributed by atoms with E-state index in [0.29, 0.717) is 19.6 Å². The number of carboxylic acid groups (broad SMARTS) is 1. The lowest BCUT2D eigenvalue weighted by atomic mass is 10.1. The summed E-state index contributed by atoms with van der Waals surface area (Å²) in [7, 11) is 0. The number of aryl methyl sites for hydroxylation is 2. The minimum Gasteiger partial charge on any atom is -0.476 e. The fraction of sp³-hybridized carbons (Fsp3) is 0.333. The van der Waals surface area contributed by atoms with Gasteiger partial charge in [-0.15, -0.1) is 5.10 Å². The number of fused-ring (bicyclic) bond motifs is 1. The number of carboxylic acids is 1. The molecule has 0 saturated heterocycles. The third-order valence-electron chi connectivity index (χ3n) is 3.95. The third-order valence-corrected chi connectivity index (χ3v) is 3.95. The first-order valence-corrected chi connectivity index (χ1v) is 6.99. The van der Waals surface area contributed by atoms with Crippen LogP contribution >= 0.6 is 0 Å². The van der Waals surface area contributed by atoms with Crippen LogP contribution in [0.25, 0.3) is 0 Å². The van der Waals surface area contributed by atoms with Crippen molar-refractivity contribution in [2.45, 2.75) is 26.9 Å². The molecule has 0 atom stereocenters. The number of hydrogen-bond donors (Lipinski definition) is 1. The lowest BCUT2D eigenvalue weighted by Crippen LogP contribution is -2.40. The number of aromatic nitrogens is 3. The predicted molar refractivity (Wildman–Crippen MR) is 77.6 cm³/mol. The van der Waals surface area contributed by atoms with Gasteiger partial charge in [0.1, 0.15) is 0 Å². The van der Waals surface area contributed by atoms with Crippen LogP contribution in [0.5, 0.6) is 0 Å². The van der Waals surface area contributed by atoms with Crippen molar-refractivity contribution in [1.82, 2.24) is 19.9 Å². The van der Waals surface area contributed by atoms with Crippen molar-refractivity contribution in [2.75, 3.05) is 6.54 Å². The molecule has 3 rings (SSSR count). The molecule has 114 valence electrons. The molecular weight excluding hydrogens is 284 g/mol. The van der Waals surface area contributed by atoms with Crippen molar-refractivity contribution in [1.29, 1.82) is 0 Å². The first-order valence-electron chi connectivity index (χ1n) is 6.99. The summed E-state index contributed by atoms with van der Waals surface area (Å²) in [5, 5.41) is 16.4. The second kappa shape index (κ2) is 5.25. The minimum atomic E-state index is -1.23. The molecule has 0 bridgehead atoms. The van der Waals surface area contributed by atoms with Crippen molar-refractivity contribution in [3.05, 3.63) is 46.3 Å². The summed E-state index contributed by atoms with van der Waals surface area (Å²) >= 11 is 0. The van der Waals surface area contributed by atoms with E-state index in [4.69, 9.17) is 5.11 Å². The molecule has 0 unspecified atom stereocenters. The summed E-state index contributed by atoms with van der Waals surface area (Å²) in [4.78, 5) is 25.3. The van der Waals surface area contributed by atoms with Crippen molar-refractivity contribution in [3.63, 3.8) is 0 Å². The number of rotatable bonds is 3. The maximum absolute atomic E-state index is 12.5. The quantitative estimate of drug-likeness (QED) is 0.921. The highest BCUT2D eigenvalue weighted by molar-refractivity contribution is 6.02. The maximum Gasteiger partial charge on any atom is 0.358 e. The first kappa shape index (κ1) is 14.2. The Kier molecular flexibility index (Phi) is 3.40. The van der Waals surface area contributed by atoms with Gasteiger partial charge >= 0.3 is 5.97 Å². The number of carbonyl (C=O) groups is 2. The molecule has 1 aromatic carbocycles. The van der Waals surface area contributed by atoms with Gasteiger partial charge in [-0.05, 0) is 30.5 Å². The van der Waals surface area contributed by atoms with Gasteiger partial charge in [0.15, 0.2) is 5.69 Å². The normalized spacial score (nSPS) is 14.1. The van der Waals surface area contributed by atoms with Gasteiger partial charge in [0.2, 0.25) is 5.69 Å². The van der Waals surface area contributed by atoms with Crippen molar-refractivity contribution in [2.24, 2.45) is 0 Å². The second-order valence-electron chi connectivity index (χ2n) is 5.46. The molecule has 0 spiro atoms. The number of nitrogens with zero attached hydrogens (tertiary/aromatic N) is 4. The van der Waals surface area contributed by atoms with Gasteiger partial charge in [0, 0.05) is 13.1 Å². The number of amides is 1. The number of hydrogen-bond acceptors (Lipinski definition) is 4. The van der Waals surface area contributed by atoms with Crippen LogP contribution in [0.15, 0.2) is 18.2 Å². The summed E-state index contributed by atoms with van der Waals surface area (Å²) in [6.07, 6.45) is 0. The fourth-order valence-corrected chi connectivity index (χ4v) is 2.57. The van der Waals surface area contributed by atoms with Crippen LogP contribution in [0, 0.1) is 13.8 Å². The van der Waals surface area contributed by atoms with E-state index in [1.165, 1.54) is 15.8 Å². The Balaban J connectivity index is 1.87. The molecule has 0 saturated carbocycles. The van der Waals surface area contributed by atoms with Crippen LogP contribution in [-0.2, 0) is 13.1 Å². The molecule has 2 heterocycles. The zero-order valence-electron chi connectivity index (χ0n) is 12.4. The molecule has 7 nitrogen and oxygen atoms in total. The average Bonchev–Trinajstić information content (AvgIpc) is 2.91. The van der Waals surface area contributed by atoms with Gasteiger partial charge in [-0.25, -0.2) is 9.48 Å². The minimum absolute atomic E-state index is 0.0579.